The van der Waals surface area contributed by atoms with Crippen molar-refractivity contribution >= 4 is 29.7 Å². The third kappa shape index (κ3) is 6.10. The average Bonchev–Trinajstić information content (AvgIpc) is 2.68. The number of benzene rings is 2. The lowest BCUT2D eigenvalue weighted by molar-refractivity contribution is 0.0447. The van der Waals surface area contributed by atoms with Crippen LogP contribution < -0.4 is 0 Å². The lowest BCUT2D eigenvalue weighted by Gasteiger charge is -2.32. The Kier molecular flexibility index (Phi) is 8.60. The van der Waals surface area contributed by atoms with Gasteiger partial charge in [-0.25, -0.2) is 0 Å². The van der Waals surface area contributed by atoms with Crippen molar-refractivity contribution in [3.63, 3.8) is 0 Å². The second-order valence-electron chi connectivity index (χ2n) is 6.67. The summed E-state index contributed by atoms with van der Waals surface area (Å²) >= 11 is 0. The average molecular weight is 427 g/mol. The van der Waals surface area contributed by atoms with Gasteiger partial charge in [-0.05, 0) is 35.6 Å². The molecule has 0 spiro atoms. The monoisotopic (exact) mass is 426 g/mol. The predicted molar refractivity (Wildman–Crippen MR) is 113 cm³/mol. The quantitative estimate of drug-likeness (QED) is 0.401. The summed E-state index contributed by atoms with van der Waals surface area (Å²) in [4.78, 5) is 0. The summed E-state index contributed by atoms with van der Waals surface area (Å²) in [6.45, 7) is 6.37. The van der Waals surface area contributed by atoms with Gasteiger partial charge in [-0.2, -0.15) is 8.42 Å². The van der Waals surface area contributed by atoms with Crippen LogP contribution in [0.3, 0.4) is 0 Å². The zero-order valence-corrected chi connectivity index (χ0v) is 18.6. The molecule has 2 aromatic carbocycles. The number of hydrogen-bond donors (Lipinski definition) is 1. The van der Waals surface area contributed by atoms with Crippen LogP contribution in [0, 0.1) is 0 Å². The van der Waals surface area contributed by atoms with E-state index in [0.717, 1.165) is 29.2 Å². The van der Waals surface area contributed by atoms with E-state index in [1.54, 1.807) is 6.92 Å². The van der Waals surface area contributed by atoms with Crippen LogP contribution in [0.4, 0.5) is 0 Å². The van der Waals surface area contributed by atoms with E-state index >= 15 is 0 Å². The van der Waals surface area contributed by atoms with Crippen LogP contribution >= 0.6 is 0 Å². The maximum atomic E-state index is 11.8. The fourth-order valence-electron chi connectivity index (χ4n) is 3.00. The molecule has 0 aromatic heterocycles. The molecule has 28 heavy (non-hydrogen) atoms. The highest BCUT2D eigenvalue weighted by atomic mass is 32.2. The van der Waals surface area contributed by atoms with E-state index in [1.165, 1.54) is 0 Å². The summed E-state index contributed by atoms with van der Waals surface area (Å²) in [5.74, 6) is 0. The van der Waals surface area contributed by atoms with Crippen LogP contribution in [0.1, 0.15) is 45.6 Å². The molecule has 6 nitrogen and oxygen atoms in total. The minimum Gasteiger partial charge on any atom is -0.373 e. The molecule has 0 aliphatic rings. The van der Waals surface area contributed by atoms with Crippen LogP contribution in [-0.4, -0.2) is 40.4 Å². The highest BCUT2D eigenvalue weighted by Crippen LogP contribution is 2.27. The Balaban J connectivity index is 2.47. The fraction of sp³-hybridized carbons (Fsp3) is 0.500. The van der Waals surface area contributed by atoms with Gasteiger partial charge >= 0.3 is 8.80 Å². The molecule has 0 amide bonds. The lowest BCUT2D eigenvalue weighted by Crippen LogP contribution is -2.52. The molecule has 0 aliphatic heterocycles. The van der Waals surface area contributed by atoms with Crippen molar-refractivity contribution in [3.8, 4) is 0 Å². The van der Waals surface area contributed by atoms with Gasteiger partial charge in [-0.3, -0.25) is 4.55 Å². The Bertz CT molecular complexity index is 841. The molecule has 2 rings (SSSR count). The Morgan fingerprint density at radius 3 is 2.14 bits per heavy atom. The van der Waals surface area contributed by atoms with Gasteiger partial charge in [0.1, 0.15) is 0 Å². The molecule has 0 bridgehead atoms. The van der Waals surface area contributed by atoms with Gasteiger partial charge < -0.3 is 13.3 Å². The first-order valence-electron chi connectivity index (χ1n) is 9.74. The second-order valence-corrected chi connectivity index (χ2v) is 10.8. The molecule has 0 radical (unpaired) electrons. The molecule has 0 heterocycles. The van der Waals surface area contributed by atoms with E-state index < -0.39 is 24.4 Å². The number of hydrogen-bond acceptors (Lipinski definition) is 5. The first-order chi connectivity index (χ1) is 13.3. The van der Waals surface area contributed by atoms with E-state index in [4.69, 9.17) is 13.3 Å². The summed E-state index contributed by atoms with van der Waals surface area (Å²) < 4.78 is 51.3. The number of rotatable bonds is 12. The maximum Gasteiger partial charge on any atom is 0.506 e. The summed E-state index contributed by atoms with van der Waals surface area (Å²) in [6, 6.07) is 14.3. The minimum atomic E-state index is -4.38. The fourth-order valence-corrected chi connectivity index (χ4v) is 7.23. The lowest BCUT2D eigenvalue weighted by atomic mass is 10.1. The van der Waals surface area contributed by atoms with Crippen molar-refractivity contribution in [2.45, 2.75) is 51.5 Å². The smallest absolute Gasteiger partial charge is 0.373 e. The SMILES string of the molecule is CCCO[Si](Cc1cccc2ccccc12)(OCCC)OC(CC)S(=O)(=O)O. The van der Waals surface area contributed by atoms with Crippen molar-refractivity contribution in [2.24, 2.45) is 0 Å². The van der Waals surface area contributed by atoms with Crippen molar-refractivity contribution in [1.82, 2.24) is 0 Å². The van der Waals surface area contributed by atoms with Gasteiger partial charge in [0.05, 0.1) is 0 Å². The molecule has 156 valence electrons. The normalized spacial score (nSPS) is 13.7. The molecule has 0 fully saturated rings. The van der Waals surface area contributed by atoms with Crippen molar-refractivity contribution < 1.29 is 26.2 Å². The van der Waals surface area contributed by atoms with Crippen molar-refractivity contribution in [2.75, 3.05) is 13.2 Å². The zero-order valence-electron chi connectivity index (χ0n) is 16.8. The largest absolute Gasteiger partial charge is 0.506 e. The van der Waals surface area contributed by atoms with E-state index in [1.807, 2.05) is 56.3 Å². The summed E-state index contributed by atoms with van der Waals surface area (Å²) in [7, 11) is -7.81. The molecular weight excluding hydrogens is 396 g/mol. The van der Waals surface area contributed by atoms with E-state index in [9.17, 15) is 13.0 Å². The summed E-state index contributed by atoms with van der Waals surface area (Å²) in [5, 5.41) is 2.13. The maximum absolute atomic E-state index is 11.8. The zero-order chi connectivity index (χ0) is 20.6. The Labute approximate surface area is 168 Å². The van der Waals surface area contributed by atoms with Gasteiger partial charge in [0, 0.05) is 19.3 Å². The molecule has 1 N–H and O–H groups in total. The van der Waals surface area contributed by atoms with Gasteiger partial charge in [0.2, 0.25) is 0 Å². The van der Waals surface area contributed by atoms with Crippen LogP contribution in [-0.2, 0) is 29.4 Å². The van der Waals surface area contributed by atoms with Crippen LogP contribution in [0.2, 0.25) is 0 Å². The van der Waals surface area contributed by atoms with Crippen LogP contribution in [0.5, 0.6) is 0 Å². The molecule has 0 saturated heterocycles. The molecule has 0 aliphatic carbocycles. The molecule has 0 saturated carbocycles. The summed E-state index contributed by atoms with van der Waals surface area (Å²) in [6.07, 6.45) is 1.59. The third-order valence-electron chi connectivity index (χ3n) is 4.32. The van der Waals surface area contributed by atoms with Gasteiger partial charge in [-0.15, -0.1) is 0 Å². The van der Waals surface area contributed by atoms with E-state index in [-0.39, 0.29) is 6.42 Å². The van der Waals surface area contributed by atoms with E-state index in [0.29, 0.717) is 19.3 Å². The van der Waals surface area contributed by atoms with Crippen LogP contribution in [0.15, 0.2) is 42.5 Å². The highest BCUT2D eigenvalue weighted by Gasteiger charge is 2.46. The molecule has 8 heteroatoms. The first kappa shape index (κ1) is 23.0. The first-order valence-corrected chi connectivity index (χ1v) is 13.2. The molecule has 2 aromatic rings. The summed E-state index contributed by atoms with van der Waals surface area (Å²) in [5.41, 5.74) is -0.398. The van der Waals surface area contributed by atoms with Crippen molar-refractivity contribution in [1.29, 1.82) is 0 Å². The Morgan fingerprint density at radius 2 is 1.57 bits per heavy atom. The Hall–Kier alpha value is -1.29. The topological polar surface area (TPSA) is 82.1 Å². The Morgan fingerprint density at radius 1 is 0.964 bits per heavy atom. The molecular formula is C20H30O6SSi. The predicted octanol–water partition coefficient (Wildman–Crippen LogP) is 4.35. The third-order valence-corrected chi connectivity index (χ3v) is 8.33. The minimum absolute atomic E-state index is 0.105. The van der Waals surface area contributed by atoms with Gasteiger partial charge in [0.25, 0.3) is 10.1 Å². The van der Waals surface area contributed by atoms with Gasteiger partial charge in [-0.1, -0.05) is 63.2 Å². The van der Waals surface area contributed by atoms with Crippen LogP contribution in [0.25, 0.3) is 10.8 Å². The second kappa shape index (κ2) is 10.5. The highest BCUT2D eigenvalue weighted by molar-refractivity contribution is 7.86. The van der Waals surface area contributed by atoms with E-state index in [2.05, 4.69) is 0 Å². The van der Waals surface area contributed by atoms with Gasteiger partial charge in [0.15, 0.2) is 5.44 Å². The number of fused-ring (bicyclic) bond motifs is 1. The standard InChI is InChI=1S/C20H30O6SSi/c1-4-14-24-28(25-15-5-2,26-20(6-3)27(21,22)23)16-18-12-9-11-17-10-7-8-13-19(17)18/h7-13,20H,4-6,14-16H2,1-3H3,(H,21,22,23). The van der Waals surface area contributed by atoms with Crippen molar-refractivity contribution in [3.05, 3.63) is 48.0 Å². The molecule has 1 unspecified atom stereocenters. The molecule has 1 atom stereocenters.